The van der Waals surface area contributed by atoms with Crippen molar-refractivity contribution in [3.05, 3.63) is 52.7 Å². The Bertz CT molecular complexity index is 902. The molecule has 5 nitrogen and oxygen atoms in total. The number of hydrogen-bond acceptors (Lipinski definition) is 5. The number of fused-ring (bicyclic) bond motifs is 1. The molecule has 0 unspecified atom stereocenters. The quantitative estimate of drug-likeness (QED) is 0.705. The predicted octanol–water partition coefficient (Wildman–Crippen LogP) is 3.11. The van der Waals surface area contributed by atoms with Crippen molar-refractivity contribution in [3.63, 3.8) is 0 Å². The Morgan fingerprint density at radius 3 is 2.26 bits per heavy atom. The maximum atomic E-state index is 12.2. The van der Waals surface area contributed by atoms with Gasteiger partial charge in [0.2, 0.25) is 0 Å². The first kappa shape index (κ1) is 16.7. The molecule has 0 saturated heterocycles. The molecule has 0 aliphatic heterocycles. The Morgan fingerprint density at radius 2 is 1.65 bits per heavy atom. The number of nitrogens with two attached hydrogens (primary N) is 2. The van der Waals surface area contributed by atoms with E-state index in [1.807, 2.05) is 43.3 Å². The van der Waals surface area contributed by atoms with Crippen molar-refractivity contribution in [1.29, 1.82) is 0 Å². The Labute approximate surface area is 139 Å². The third-order valence-electron chi connectivity index (χ3n) is 3.64. The molecule has 2 aromatic carbocycles. The van der Waals surface area contributed by atoms with Gasteiger partial charge in [0.1, 0.15) is 5.76 Å². The maximum absolute atomic E-state index is 12.2. The van der Waals surface area contributed by atoms with Crippen LogP contribution in [0.1, 0.15) is 0 Å². The zero-order chi connectivity index (χ0) is 15.9. The van der Waals surface area contributed by atoms with E-state index in [1.165, 1.54) is 6.07 Å². The van der Waals surface area contributed by atoms with E-state index in [4.69, 9.17) is 15.9 Å². The van der Waals surface area contributed by atoms with Crippen LogP contribution in [-0.4, -0.2) is 14.1 Å². The van der Waals surface area contributed by atoms with Gasteiger partial charge in [-0.3, -0.25) is 4.79 Å². The molecule has 0 aliphatic rings. The number of halogens is 1. The molecule has 3 aromatic rings. The lowest BCUT2D eigenvalue weighted by Gasteiger charge is -2.12. The second kappa shape index (κ2) is 6.22. The molecule has 4 N–H and O–H groups in total. The fraction of sp³-hybridized carbons (Fsp3) is 0.118. The van der Waals surface area contributed by atoms with Gasteiger partial charge in [-0.1, -0.05) is 0 Å². The van der Waals surface area contributed by atoms with Crippen LogP contribution in [0.4, 0.5) is 17.1 Å². The normalized spacial score (nSPS) is 10.3. The van der Waals surface area contributed by atoms with E-state index in [9.17, 15) is 4.79 Å². The fourth-order valence-corrected chi connectivity index (χ4v) is 2.32. The van der Waals surface area contributed by atoms with Crippen LogP contribution in [0.5, 0.6) is 0 Å². The maximum Gasteiger partial charge on any atom is 0.193 e. The van der Waals surface area contributed by atoms with E-state index in [0.717, 1.165) is 11.3 Å². The second-order valence-electron chi connectivity index (χ2n) is 5.36. The van der Waals surface area contributed by atoms with E-state index >= 15 is 0 Å². The molecule has 0 bridgehead atoms. The fourth-order valence-electron chi connectivity index (χ4n) is 2.32. The molecular weight excluding hydrogens is 314 g/mol. The van der Waals surface area contributed by atoms with E-state index in [1.54, 1.807) is 12.1 Å². The summed E-state index contributed by atoms with van der Waals surface area (Å²) in [6.07, 6.45) is 0. The molecule has 0 radical (unpaired) electrons. The summed E-state index contributed by atoms with van der Waals surface area (Å²) in [5.41, 5.74) is 14.5. The molecule has 120 valence electrons. The Kier molecular flexibility index (Phi) is 4.52. The first-order chi connectivity index (χ1) is 10.5. The van der Waals surface area contributed by atoms with Crippen molar-refractivity contribution in [2.75, 3.05) is 30.5 Å². The first-order valence-electron chi connectivity index (χ1n) is 6.87. The largest absolute Gasteiger partial charge is 0.454 e. The van der Waals surface area contributed by atoms with Crippen molar-refractivity contribution >= 4 is 40.4 Å². The van der Waals surface area contributed by atoms with Gasteiger partial charge in [0.15, 0.2) is 11.0 Å². The molecule has 0 spiro atoms. The zero-order valence-electron chi connectivity index (χ0n) is 12.9. The van der Waals surface area contributed by atoms with Gasteiger partial charge in [0, 0.05) is 31.4 Å². The summed E-state index contributed by atoms with van der Waals surface area (Å²) in [7, 11) is 3.93. The van der Waals surface area contributed by atoms with Crippen molar-refractivity contribution < 1.29 is 4.42 Å². The monoisotopic (exact) mass is 331 g/mol. The van der Waals surface area contributed by atoms with Crippen LogP contribution in [0.2, 0.25) is 0 Å². The van der Waals surface area contributed by atoms with Crippen molar-refractivity contribution in [3.8, 4) is 11.3 Å². The molecule has 1 heterocycles. The van der Waals surface area contributed by atoms with Gasteiger partial charge in [-0.25, -0.2) is 0 Å². The van der Waals surface area contributed by atoms with E-state index < -0.39 is 0 Å². The van der Waals surface area contributed by atoms with Crippen molar-refractivity contribution in [2.24, 2.45) is 0 Å². The molecule has 0 aliphatic carbocycles. The zero-order valence-corrected chi connectivity index (χ0v) is 13.7. The molecule has 0 amide bonds. The first-order valence-corrected chi connectivity index (χ1v) is 6.87. The van der Waals surface area contributed by atoms with Crippen LogP contribution in [0.15, 0.2) is 51.7 Å². The third kappa shape index (κ3) is 2.96. The number of hydrogen-bond donors (Lipinski definition) is 2. The Hall–Kier alpha value is -2.66. The highest BCUT2D eigenvalue weighted by atomic mass is 35.5. The van der Waals surface area contributed by atoms with E-state index in [0.29, 0.717) is 28.1 Å². The molecule has 6 heteroatoms. The topological polar surface area (TPSA) is 85.5 Å². The molecule has 1 aromatic heterocycles. The van der Waals surface area contributed by atoms with E-state index in [-0.39, 0.29) is 17.8 Å². The average Bonchev–Trinajstić information content (AvgIpc) is 2.51. The molecule has 0 fully saturated rings. The van der Waals surface area contributed by atoms with Crippen LogP contribution in [0.3, 0.4) is 0 Å². The van der Waals surface area contributed by atoms with Gasteiger partial charge >= 0.3 is 0 Å². The smallest absolute Gasteiger partial charge is 0.193 e. The van der Waals surface area contributed by atoms with Crippen LogP contribution in [0, 0.1) is 0 Å². The highest BCUT2D eigenvalue weighted by Gasteiger charge is 2.11. The lowest BCUT2D eigenvalue weighted by molar-refractivity contribution is 0.620. The summed E-state index contributed by atoms with van der Waals surface area (Å²) >= 11 is 0. The minimum Gasteiger partial charge on any atom is -0.454 e. The second-order valence-corrected chi connectivity index (χ2v) is 5.36. The summed E-state index contributed by atoms with van der Waals surface area (Å²) in [6.45, 7) is 0. The highest BCUT2D eigenvalue weighted by molar-refractivity contribution is 5.94. The van der Waals surface area contributed by atoms with Crippen molar-refractivity contribution in [1.82, 2.24) is 0 Å². The van der Waals surface area contributed by atoms with Gasteiger partial charge in [0.25, 0.3) is 0 Å². The van der Waals surface area contributed by atoms with Gasteiger partial charge in [-0.05, 0) is 36.4 Å². The molecular formula is C17H18ClN3O2. The Balaban J connectivity index is 0.00000192. The predicted molar refractivity (Wildman–Crippen MR) is 98.3 cm³/mol. The summed E-state index contributed by atoms with van der Waals surface area (Å²) in [6, 6.07) is 12.4. The summed E-state index contributed by atoms with van der Waals surface area (Å²) in [4.78, 5) is 14.2. The number of benzene rings is 2. The number of rotatable bonds is 2. The lowest BCUT2D eigenvalue weighted by atomic mass is 10.1. The minimum atomic E-state index is -0.139. The Morgan fingerprint density at radius 1 is 1.00 bits per heavy atom. The highest BCUT2D eigenvalue weighted by Crippen LogP contribution is 2.29. The van der Waals surface area contributed by atoms with Gasteiger partial charge < -0.3 is 20.8 Å². The molecule has 23 heavy (non-hydrogen) atoms. The van der Waals surface area contributed by atoms with E-state index in [2.05, 4.69) is 0 Å². The standard InChI is InChI=1S/C17H17N3O2.ClH/c1-20(2)11-5-3-10(4-6-11)15-9-14(21)12-7-8-13(18)16(19)17(12)22-15;/h3-9H,18-19H2,1-2H3;1H. The number of anilines is 3. The molecule has 0 atom stereocenters. The average molecular weight is 332 g/mol. The van der Waals surface area contributed by atoms with Gasteiger partial charge in [0.05, 0.1) is 16.8 Å². The summed E-state index contributed by atoms with van der Waals surface area (Å²) in [5.74, 6) is 0.472. The third-order valence-corrected chi connectivity index (χ3v) is 3.64. The van der Waals surface area contributed by atoms with Crippen LogP contribution >= 0.6 is 12.4 Å². The number of nitrogens with zero attached hydrogens (tertiary/aromatic N) is 1. The summed E-state index contributed by atoms with van der Waals surface area (Å²) < 4.78 is 5.82. The molecule has 3 rings (SSSR count). The van der Waals surface area contributed by atoms with Crippen LogP contribution < -0.4 is 21.8 Å². The van der Waals surface area contributed by atoms with Crippen LogP contribution in [-0.2, 0) is 0 Å². The SMILES string of the molecule is CN(C)c1ccc(-c2cc(=O)c3ccc(N)c(N)c3o2)cc1.Cl. The lowest BCUT2D eigenvalue weighted by Crippen LogP contribution is -2.08. The number of nitrogen functional groups attached to an aromatic ring is 2. The van der Waals surface area contributed by atoms with Crippen LogP contribution in [0.25, 0.3) is 22.3 Å². The van der Waals surface area contributed by atoms with Crippen molar-refractivity contribution in [2.45, 2.75) is 0 Å². The summed E-state index contributed by atoms with van der Waals surface area (Å²) in [5, 5.41) is 0.431. The minimum absolute atomic E-state index is 0. The van der Waals surface area contributed by atoms with Gasteiger partial charge in [-0.15, -0.1) is 12.4 Å². The molecule has 0 saturated carbocycles. The van der Waals surface area contributed by atoms with Gasteiger partial charge in [-0.2, -0.15) is 0 Å².